The lowest BCUT2D eigenvalue weighted by molar-refractivity contribution is -0.131. The molecule has 0 aliphatic carbocycles. The van der Waals surface area contributed by atoms with Crippen LogP contribution in [0.25, 0.3) is 0 Å². The van der Waals surface area contributed by atoms with Gasteiger partial charge in [-0.15, -0.1) is 0 Å². The fraction of sp³-hybridized carbons (Fsp3) is 0.500. The van der Waals surface area contributed by atoms with Gasteiger partial charge in [-0.3, -0.25) is 4.79 Å². The van der Waals surface area contributed by atoms with Gasteiger partial charge in [0, 0.05) is 18.5 Å². The van der Waals surface area contributed by atoms with Gasteiger partial charge in [0.05, 0.1) is 19.1 Å². The topological polar surface area (TPSA) is 55.6 Å². The van der Waals surface area contributed by atoms with Gasteiger partial charge in [0.25, 0.3) is 0 Å². The second kappa shape index (κ2) is 7.72. The van der Waals surface area contributed by atoms with Crippen LogP contribution in [0.15, 0.2) is 34.9 Å². The summed E-state index contributed by atoms with van der Waals surface area (Å²) in [5.74, 6) is 2.15. The smallest absolute Gasteiger partial charge is 0.227 e. The minimum Gasteiger partial charge on any atom is -0.494 e. The maximum atomic E-state index is 12.8. The van der Waals surface area contributed by atoms with Crippen molar-refractivity contribution in [2.24, 2.45) is 0 Å². The summed E-state index contributed by atoms with van der Waals surface area (Å²) in [5, 5.41) is 4.21. The number of rotatable bonds is 6. The van der Waals surface area contributed by atoms with E-state index < -0.39 is 0 Å². The van der Waals surface area contributed by atoms with E-state index in [1.165, 1.54) is 0 Å². The number of benzene rings is 1. The van der Waals surface area contributed by atoms with Crippen molar-refractivity contribution in [1.82, 2.24) is 10.1 Å². The number of hydrogen-bond acceptors (Lipinski definition) is 4. The third kappa shape index (κ3) is 4.03. The highest BCUT2D eigenvalue weighted by molar-refractivity contribution is 5.79. The van der Waals surface area contributed by atoms with Crippen molar-refractivity contribution in [3.8, 4) is 5.75 Å². The van der Waals surface area contributed by atoms with Crippen molar-refractivity contribution in [1.29, 1.82) is 0 Å². The van der Waals surface area contributed by atoms with Crippen LogP contribution in [0.2, 0.25) is 0 Å². The molecule has 0 saturated carbocycles. The molecule has 1 saturated heterocycles. The van der Waals surface area contributed by atoms with Gasteiger partial charge in [0.15, 0.2) is 0 Å². The van der Waals surface area contributed by atoms with Gasteiger partial charge < -0.3 is 14.2 Å². The number of aromatic nitrogens is 1. The molecule has 2 aromatic rings. The van der Waals surface area contributed by atoms with Crippen molar-refractivity contribution in [3.05, 3.63) is 47.3 Å². The lowest BCUT2D eigenvalue weighted by Crippen LogP contribution is -2.32. The van der Waals surface area contributed by atoms with E-state index in [-0.39, 0.29) is 11.9 Å². The number of amides is 1. The van der Waals surface area contributed by atoms with E-state index in [1.54, 1.807) is 0 Å². The zero-order valence-corrected chi connectivity index (χ0v) is 15.2. The molecule has 1 aromatic heterocycles. The molecule has 1 atom stereocenters. The number of ether oxygens (including phenoxy) is 1. The molecule has 1 fully saturated rings. The first-order chi connectivity index (χ1) is 12.1. The van der Waals surface area contributed by atoms with Crippen LogP contribution in [0.4, 0.5) is 0 Å². The summed E-state index contributed by atoms with van der Waals surface area (Å²) in [6.45, 7) is 7.54. The SMILES string of the molecule is CCOc1ccc(CC(=O)N2CCC[C@H]2c2cc(C(C)C)on2)cc1. The van der Waals surface area contributed by atoms with E-state index in [0.717, 1.165) is 42.2 Å². The van der Waals surface area contributed by atoms with E-state index in [2.05, 4.69) is 19.0 Å². The molecule has 2 heterocycles. The van der Waals surface area contributed by atoms with Crippen molar-refractivity contribution in [2.75, 3.05) is 13.2 Å². The summed E-state index contributed by atoms with van der Waals surface area (Å²) in [4.78, 5) is 14.7. The highest BCUT2D eigenvalue weighted by Crippen LogP contribution is 2.33. The van der Waals surface area contributed by atoms with E-state index >= 15 is 0 Å². The maximum absolute atomic E-state index is 12.8. The first-order valence-corrected chi connectivity index (χ1v) is 9.06. The molecule has 1 aliphatic rings. The van der Waals surface area contributed by atoms with Crippen molar-refractivity contribution in [2.45, 2.75) is 52.0 Å². The van der Waals surface area contributed by atoms with E-state index in [4.69, 9.17) is 9.26 Å². The Morgan fingerprint density at radius 1 is 1.36 bits per heavy atom. The fourth-order valence-corrected chi connectivity index (χ4v) is 3.25. The van der Waals surface area contributed by atoms with Crippen molar-refractivity contribution in [3.63, 3.8) is 0 Å². The van der Waals surface area contributed by atoms with Crippen molar-refractivity contribution < 1.29 is 14.1 Å². The normalized spacial score (nSPS) is 17.3. The monoisotopic (exact) mass is 342 g/mol. The molecule has 0 radical (unpaired) electrons. The Bertz CT molecular complexity index is 706. The van der Waals surface area contributed by atoms with E-state index in [1.807, 2.05) is 42.2 Å². The number of carbonyl (C=O) groups excluding carboxylic acids is 1. The van der Waals surface area contributed by atoms with E-state index in [9.17, 15) is 4.79 Å². The maximum Gasteiger partial charge on any atom is 0.227 e. The first kappa shape index (κ1) is 17.5. The minimum absolute atomic E-state index is 0.0337. The lowest BCUT2D eigenvalue weighted by atomic mass is 10.1. The second-order valence-electron chi connectivity index (χ2n) is 6.81. The van der Waals surface area contributed by atoms with Gasteiger partial charge in [-0.05, 0) is 37.5 Å². The molecule has 0 spiro atoms. The Hall–Kier alpha value is -2.30. The highest BCUT2D eigenvalue weighted by Gasteiger charge is 2.32. The third-order valence-corrected chi connectivity index (χ3v) is 4.62. The van der Waals surface area contributed by atoms with Crippen LogP contribution >= 0.6 is 0 Å². The molecular formula is C20H26N2O3. The third-order valence-electron chi connectivity index (χ3n) is 4.62. The Morgan fingerprint density at radius 2 is 2.12 bits per heavy atom. The molecule has 134 valence electrons. The minimum atomic E-state index is 0.0337. The van der Waals surface area contributed by atoms with Gasteiger partial charge in [-0.1, -0.05) is 31.1 Å². The zero-order chi connectivity index (χ0) is 17.8. The van der Waals surface area contributed by atoms with Gasteiger partial charge >= 0.3 is 0 Å². The van der Waals surface area contributed by atoms with Crippen LogP contribution in [-0.4, -0.2) is 29.1 Å². The predicted molar refractivity (Wildman–Crippen MR) is 95.6 cm³/mol. The summed E-state index contributed by atoms with van der Waals surface area (Å²) < 4.78 is 10.9. The highest BCUT2D eigenvalue weighted by atomic mass is 16.5. The quantitative estimate of drug-likeness (QED) is 0.793. The summed E-state index contributed by atoms with van der Waals surface area (Å²) in [6.07, 6.45) is 2.35. The summed E-state index contributed by atoms with van der Waals surface area (Å²) in [6, 6.07) is 9.78. The number of hydrogen-bond donors (Lipinski definition) is 0. The average molecular weight is 342 g/mol. The number of likely N-dealkylation sites (tertiary alicyclic amines) is 1. The van der Waals surface area contributed by atoms with Crippen LogP contribution in [0.5, 0.6) is 5.75 Å². The van der Waals surface area contributed by atoms with Gasteiger partial charge in [-0.25, -0.2) is 0 Å². The molecule has 25 heavy (non-hydrogen) atoms. The molecule has 5 nitrogen and oxygen atoms in total. The van der Waals surface area contributed by atoms with Crippen LogP contribution in [0.3, 0.4) is 0 Å². The van der Waals surface area contributed by atoms with Crippen LogP contribution in [0.1, 0.15) is 62.6 Å². The standard InChI is InChI=1S/C20H26N2O3/c1-4-24-16-9-7-15(8-10-16)12-20(23)22-11-5-6-18(22)17-13-19(14(2)3)25-21-17/h7-10,13-14,18H,4-6,11-12H2,1-3H3/t18-/m0/s1. The van der Waals surface area contributed by atoms with Crippen LogP contribution < -0.4 is 4.74 Å². The van der Waals surface area contributed by atoms with Gasteiger partial charge in [0.1, 0.15) is 17.2 Å². The summed E-state index contributed by atoms with van der Waals surface area (Å²) >= 11 is 0. The lowest BCUT2D eigenvalue weighted by Gasteiger charge is -2.23. The fourth-order valence-electron chi connectivity index (χ4n) is 3.25. The molecule has 1 amide bonds. The van der Waals surface area contributed by atoms with Crippen LogP contribution in [0, 0.1) is 0 Å². The molecule has 1 aromatic carbocycles. The molecule has 0 unspecified atom stereocenters. The first-order valence-electron chi connectivity index (χ1n) is 9.06. The Balaban J connectivity index is 1.67. The molecule has 5 heteroatoms. The largest absolute Gasteiger partial charge is 0.494 e. The molecule has 0 N–H and O–H groups in total. The van der Waals surface area contributed by atoms with Gasteiger partial charge in [0.2, 0.25) is 5.91 Å². The molecular weight excluding hydrogens is 316 g/mol. The van der Waals surface area contributed by atoms with Crippen molar-refractivity contribution >= 4 is 5.91 Å². The van der Waals surface area contributed by atoms with E-state index in [0.29, 0.717) is 18.9 Å². The molecule has 3 rings (SSSR count). The summed E-state index contributed by atoms with van der Waals surface area (Å²) in [7, 11) is 0. The Morgan fingerprint density at radius 3 is 2.76 bits per heavy atom. The average Bonchev–Trinajstić information content (AvgIpc) is 3.25. The number of carbonyl (C=O) groups is 1. The second-order valence-corrected chi connectivity index (χ2v) is 6.81. The summed E-state index contributed by atoms with van der Waals surface area (Å²) in [5.41, 5.74) is 1.88. The van der Waals surface area contributed by atoms with Gasteiger partial charge in [-0.2, -0.15) is 0 Å². The predicted octanol–water partition coefficient (Wildman–Crippen LogP) is 4.10. The van der Waals surface area contributed by atoms with Crippen LogP contribution in [-0.2, 0) is 11.2 Å². The molecule has 1 aliphatic heterocycles. The number of nitrogens with zero attached hydrogens (tertiary/aromatic N) is 2. The molecule has 0 bridgehead atoms. The Labute approximate surface area is 148 Å². The zero-order valence-electron chi connectivity index (χ0n) is 15.2. The Kier molecular flexibility index (Phi) is 5.41.